The maximum Gasteiger partial charge on any atom is 0.222 e. The molecule has 2 fully saturated rings. The van der Waals surface area contributed by atoms with Gasteiger partial charge in [-0.25, -0.2) is 9.98 Å². The molecular weight excluding hydrogens is 312 g/mol. The molecule has 3 rings (SSSR count). The Hall–Kier alpha value is -1.95. The Labute approximate surface area is 150 Å². The smallest absolute Gasteiger partial charge is 0.222 e. The quantitative estimate of drug-likeness (QED) is 0.637. The minimum absolute atomic E-state index is 0.335. The van der Waals surface area contributed by atoms with Gasteiger partial charge in [-0.15, -0.1) is 0 Å². The van der Waals surface area contributed by atoms with Crippen LogP contribution in [0.1, 0.15) is 56.7 Å². The normalized spacial score (nSPS) is 25.1. The van der Waals surface area contributed by atoms with Crippen LogP contribution >= 0.6 is 0 Å². The number of allylic oxidation sites excluding steroid dienone is 1. The van der Waals surface area contributed by atoms with E-state index < -0.39 is 0 Å². The zero-order chi connectivity index (χ0) is 17.8. The Kier molecular flexibility index (Phi) is 5.68. The lowest BCUT2D eigenvalue weighted by Crippen LogP contribution is -2.39. The molecule has 0 radical (unpaired) electrons. The lowest BCUT2D eigenvalue weighted by Gasteiger charge is -2.27. The number of aryl methyl sites for hydroxylation is 1. The molecule has 0 bridgehead atoms. The van der Waals surface area contributed by atoms with Crippen LogP contribution in [0.2, 0.25) is 0 Å². The molecule has 0 aliphatic heterocycles. The van der Waals surface area contributed by atoms with Gasteiger partial charge in [0.05, 0.1) is 11.9 Å². The van der Waals surface area contributed by atoms with Gasteiger partial charge in [-0.1, -0.05) is 6.08 Å². The van der Waals surface area contributed by atoms with E-state index in [0.717, 1.165) is 49.3 Å². The SMILES string of the molecule is C=N/C(=N\C(=C/C)c1cnn(C)c1CC1CC1)N[C@H]1CC[C@H](N)CC1. The van der Waals surface area contributed by atoms with Crippen LogP contribution in [0, 0.1) is 5.92 Å². The molecule has 1 aromatic rings. The molecule has 2 saturated carbocycles. The molecule has 1 aromatic heterocycles. The molecule has 6 nitrogen and oxygen atoms in total. The van der Waals surface area contributed by atoms with Gasteiger partial charge in [0.1, 0.15) is 0 Å². The van der Waals surface area contributed by atoms with Crippen LogP contribution in [0.3, 0.4) is 0 Å². The van der Waals surface area contributed by atoms with Crippen LogP contribution in [-0.4, -0.2) is 34.5 Å². The summed E-state index contributed by atoms with van der Waals surface area (Å²) in [6.45, 7) is 5.70. The summed E-state index contributed by atoms with van der Waals surface area (Å²) in [6.07, 6.45) is 11.9. The zero-order valence-corrected chi connectivity index (χ0v) is 15.4. The highest BCUT2D eigenvalue weighted by Crippen LogP contribution is 2.34. The second kappa shape index (κ2) is 7.95. The number of hydrogen-bond donors (Lipinski definition) is 2. The first-order chi connectivity index (χ1) is 12.1. The van der Waals surface area contributed by atoms with Gasteiger partial charge >= 0.3 is 0 Å². The zero-order valence-electron chi connectivity index (χ0n) is 15.4. The summed E-state index contributed by atoms with van der Waals surface area (Å²) >= 11 is 0. The molecule has 3 N–H and O–H groups in total. The second-order valence-corrected chi connectivity index (χ2v) is 7.30. The first-order valence-electron chi connectivity index (χ1n) is 9.35. The molecule has 0 aromatic carbocycles. The molecule has 0 atom stereocenters. The summed E-state index contributed by atoms with van der Waals surface area (Å²) in [5, 5.41) is 7.89. The van der Waals surface area contributed by atoms with E-state index in [9.17, 15) is 0 Å². The maximum atomic E-state index is 5.99. The average Bonchev–Trinajstić information content (AvgIpc) is 3.37. The highest BCUT2D eigenvalue weighted by atomic mass is 15.3. The number of nitrogens with zero attached hydrogens (tertiary/aromatic N) is 4. The van der Waals surface area contributed by atoms with E-state index >= 15 is 0 Å². The Morgan fingerprint density at radius 1 is 1.36 bits per heavy atom. The van der Waals surface area contributed by atoms with Crippen molar-refractivity contribution < 1.29 is 0 Å². The Balaban J connectivity index is 1.75. The van der Waals surface area contributed by atoms with E-state index in [1.165, 1.54) is 18.5 Å². The maximum absolute atomic E-state index is 5.99. The molecule has 0 unspecified atom stereocenters. The van der Waals surface area contributed by atoms with Gasteiger partial charge in [0, 0.05) is 30.4 Å². The topological polar surface area (TPSA) is 80.6 Å². The van der Waals surface area contributed by atoms with Crippen molar-refractivity contribution in [1.82, 2.24) is 15.1 Å². The predicted octanol–water partition coefficient (Wildman–Crippen LogP) is 2.65. The van der Waals surface area contributed by atoms with Crippen molar-refractivity contribution in [3.8, 4) is 0 Å². The molecular formula is C19H30N6. The lowest BCUT2D eigenvalue weighted by molar-refractivity contribution is 0.373. The average molecular weight is 342 g/mol. The van der Waals surface area contributed by atoms with Crippen molar-refractivity contribution in [2.45, 2.75) is 64.0 Å². The van der Waals surface area contributed by atoms with Crippen molar-refractivity contribution >= 4 is 18.4 Å². The lowest BCUT2D eigenvalue weighted by atomic mass is 9.92. The van der Waals surface area contributed by atoms with Gasteiger partial charge < -0.3 is 11.1 Å². The summed E-state index contributed by atoms with van der Waals surface area (Å²) in [5.41, 5.74) is 9.26. The highest BCUT2D eigenvalue weighted by Gasteiger charge is 2.25. The standard InChI is InChI=1S/C19H30N6/c1-4-17(16-12-22-25(3)18(16)11-13-5-6-13)24-19(21-2)23-15-9-7-14(20)8-10-15/h4,12-15H,2,5-11,20H2,1,3H3,(H,23,24)/b17-4-/t14-,15-. The van der Waals surface area contributed by atoms with E-state index in [1.807, 2.05) is 30.9 Å². The number of nitrogens with one attached hydrogen (secondary N) is 1. The third kappa shape index (κ3) is 4.57. The van der Waals surface area contributed by atoms with Crippen LogP contribution < -0.4 is 11.1 Å². The van der Waals surface area contributed by atoms with Crippen LogP contribution in [0.5, 0.6) is 0 Å². The largest absolute Gasteiger partial charge is 0.351 e. The third-order valence-electron chi connectivity index (χ3n) is 5.27. The first kappa shape index (κ1) is 17.9. The molecule has 6 heteroatoms. The molecule has 136 valence electrons. The van der Waals surface area contributed by atoms with Crippen molar-refractivity contribution in [1.29, 1.82) is 0 Å². The summed E-state index contributed by atoms with van der Waals surface area (Å²) in [7, 11) is 2.01. The minimum Gasteiger partial charge on any atom is -0.351 e. The summed E-state index contributed by atoms with van der Waals surface area (Å²) in [4.78, 5) is 8.86. The summed E-state index contributed by atoms with van der Waals surface area (Å²) in [5.74, 6) is 1.40. The fourth-order valence-corrected chi connectivity index (χ4v) is 3.47. The Morgan fingerprint density at radius 3 is 2.68 bits per heavy atom. The predicted molar refractivity (Wildman–Crippen MR) is 104 cm³/mol. The molecule has 1 heterocycles. The minimum atomic E-state index is 0.335. The van der Waals surface area contributed by atoms with E-state index in [1.54, 1.807) is 0 Å². The van der Waals surface area contributed by atoms with Gasteiger partial charge in [0.15, 0.2) is 0 Å². The van der Waals surface area contributed by atoms with Gasteiger partial charge in [-0.05, 0) is 64.5 Å². The first-order valence-corrected chi connectivity index (χ1v) is 9.35. The molecule has 25 heavy (non-hydrogen) atoms. The fraction of sp³-hybridized carbons (Fsp3) is 0.632. The molecule has 0 spiro atoms. The summed E-state index contributed by atoms with van der Waals surface area (Å²) < 4.78 is 1.98. The van der Waals surface area contributed by atoms with E-state index in [4.69, 9.17) is 10.7 Å². The van der Waals surface area contributed by atoms with Crippen LogP contribution in [0.4, 0.5) is 0 Å². The number of guanidine groups is 1. The van der Waals surface area contributed by atoms with Crippen LogP contribution in [0.25, 0.3) is 5.70 Å². The van der Waals surface area contributed by atoms with Crippen molar-refractivity contribution in [2.75, 3.05) is 0 Å². The molecule has 2 aliphatic rings. The van der Waals surface area contributed by atoms with Crippen molar-refractivity contribution in [3.05, 3.63) is 23.5 Å². The van der Waals surface area contributed by atoms with Gasteiger partial charge in [0.25, 0.3) is 0 Å². The summed E-state index contributed by atoms with van der Waals surface area (Å²) in [6, 6.07) is 0.712. The Bertz CT molecular complexity index is 659. The molecule has 0 amide bonds. The van der Waals surface area contributed by atoms with Crippen molar-refractivity contribution in [2.24, 2.45) is 28.7 Å². The monoisotopic (exact) mass is 342 g/mol. The molecule has 2 aliphatic carbocycles. The van der Waals surface area contributed by atoms with Crippen molar-refractivity contribution in [3.63, 3.8) is 0 Å². The van der Waals surface area contributed by atoms with Gasteiger partial charge in [0.2, 0.25) is 5.96 Å². The number of aliphatic imine (C=N–C) groups is 2. The number of hydrogen-bond acceptors (Lipinski definition) is 3. The van der Waals surface area contributed by atoms with E-state index in [2.05, 4.69) is 22.1 Å². The third-order valence-corrected chi connectivity index (χ3v) is 5.27. The second-order valence-electron chi connectivity index (χ2n) is 7.30. The van der Waals surface area contributed by atoms with E-state index in [-0.39, 0.29) is 0 Å². The highest BCUT2D eigenvalue weighted by molar-refractivity contribution is 5.89. The Morgan fingerprint density at radius 2 is 2.08 bits per heavy atom. The molecule has 0 saturated heterocycles. The number of rotatable bonds is 5. The number of aromatic nitrogens is 2. The van der Waals surface area contributed by atoms with Gasteiger partial charge in [-0.3, -0.25) is 4.68 Å². The van der Waals surface area contributed by atoms with E-state index in [0.29, 0.717) is 18.0 Å². The fourth-order valence-electron chi connectivity index (χ4n) is 3.47. The number of nitrogens with two attached hydrogens (primary N) is 1. The van der Waals surface area contributed by atoms with Crippen LogP contribution in [0.15, 0.2) is 22.3 Å². The van der Waals surface area contributed by atoms with Gasteiger partial charge in [-0.2, -0.15) is 5.10 Å². The van der Waals surface area contributed by atoms with Crippen LogP contribution in [-0.2, 0) is 13.5 Å².